The molecule has 2 unspecified atom stereocenters. The molecule has 0 aromatic carbocycles. The third kappa shape index (κ3) is 4.00. The highest BCUT2D eigenvalue weighted by atomic mass is 16.2. The van der Waals surface area contributed by atoms with Gasteiger partial charge in [0.2, 0.25) is 11.8 Å². The summed E-state index contributed by atoms with van der Waals surface area (Å²) < 4.78 is 0. The Balaban J connectivity index is 2.41. The molecule has 0 spiro atoms. The van der Waals surface area contributed by atoms with Crippen LogP contribution in [0.2, 0.25) is 0 Å². The molecular formula is C12H23N3O2. The van der Waals surface area contributed by atoms with E-state index in [1.165, 1.54) is 0 Å². The van der Waals surface area contributed by atoms with Crippen molar-refractivity contribution in [1.29, 1.82) is 0 Å². The number of carbonyl (C=O) groups is 2. The van der Waals surface area contributed by atoms with Gasteiger partial charge in [0, 0.05) is 6.54 Å². The number of hydrogen-bond donors (Lipinski definition) is 3. The molecule has 1 fully saturated rings. The van der Waals surface area contributed by atoms with E-state index in [9.17, 15) is 9.59 Å². The third-order valence-corrected chi connectivity index (χ3v) is 3.35. The molecule has 5 heteroatoms. The van der Waals surface area contributed by atoms with E-state index in [-0.39, 0.29) is 18.5 Å². The van der Waals surface area contributed by atoms with Crippen LogP contribution >= 0.6 is 0 Å². The van der Waals surface area contributed by atoms with Gasteiger partial charge in [-0.2, -0.15) is 0 Å². The molecule has 1 aliphatic heterocycles. The van der Waals surface area contributed by atoms with Crippen molar-refractivity contribution in [3.05, 3.63) is 0 Å². The Kier molecular flexibility index (Phi) is 4.51. The van der Waals surface area contributed by atoms with Gasteiger partial charge < -0.3 is 16.4 Å². The molecule has 0 saturated carbocycles. The number of amides is 2. The Morgan fingerprint density at radius 1 is 1.47 bits per heavy atom. The van der Waals surface area contributed by atoms with Crippen molar-refractivity contribution in [2.45, 2.75) is 39.7 Å². The first-order chi connectivity index (χ1) is 7.83. The van der Waals surface area contributed by atoms with Gasteiger partial charge in [0.05, 0.1) is 11.5 Å². The van der Waals surface area contributed by atoms with Crippen LogP contribution in [0.25, 0.3) is 0 Å². The largest absolute Gasteiger partial charge is 0.369 e. The summed E-state index contributed by atoms with van der Waals surface area (Å²) >= 11 is 0. The number of primary amides is 1. The molecule has 1 saturated heterocycles. The second-order valence-corrected chi connectivity index (χ2v) is 5.60. The summed E-state index contributed by atoms with van der Waals surface area (Å²) in [5.74, 6) is 0.129. The fourth-order valence-electron chi connectivity index (χ4n) is 1.83. The Morgan fingerprint density at radius 2 is 2.12 bits per heavy atom. The smallest absolute Gasteiger partial charge is 0.237 e. The molecule has 2 amide bonds. The van der Waals surface area contributed by atoms with Gasteiger partial charge in [-0.15, -0.1) is 0 Å². The molecule has 0 aromatic heterocycles. The highest BCUT2D eigenvalue weighted by molar-refractivity contribution is 5.84. The summed E-state index contributed by atoms with van der Waals surface area (Å²) in [6.07, 6.45) is 1.96. The lowest BCUT2D eigenvalue weighted by Crippen LogP contribution is -2.51. The summed E-state index contributed by atoms with van der Waals surface area (Å²) in [4.78, 5) is 23.0. The first kappa shape index (κ1) is 14.0. The van der Waals surface area contributed by atoms with E-state index in [4.69, 9.17) is 5.73 Å². The van der Waals surface area contributed by atoms with Gasteiger partial charge in [-0.25, -0.2) is 0 Å². The first-order valence-electron chi connectivity index (χ1n) is 6.14. The van der Waals surface area contributed by atoms with Crippen LogP contribution < -0.4 is 16.4 Å². The van der Waals surface area contributed by atoms with E-state index >= 15 is 0 Å². The van der Waals surface area contributed by atoms with E-state index in [0.717, 1.165) is 19.4 Å². The van der Waals surface area contributed by atoms with Gasteiger partial charge in [-0.3, -0.25) is 9.59 Å². The Bertz CT molecular complexity index is 302. The SMILES string of the molecule is CC1CCNC(C(=O)NCC(C)(C)C(N)=O)C1. The maximum absolute atomic E-state index is 11.9. The molecule has 98 valence electrons. The standard InChI is InChI=1S/C12H23N3O2/c1-8-4-5-14-9(6-8)10(16)15-7-12(2,3)11(13)17/h8-9,14H,4-7H2,1-3H3,(H2,13,17)(H,15,16). The fraction of sp³-hybridized carbons (Fsp3) is 0.833. The molecule has 1 heterocycles. The van der Waals surface area contributed by atoms with Crippen molar-refractivity contribution in [3.63, 3.8) is 0 Å². The normalized spacial score (nSPS) is 25.4. The fourth-order valence-corrected chi connectivity index (χ4v) is 1.83. The van der Waals surface area contributed by atoms with Gasteiger partial charge >= 0.3 is 0 Å². The molecule has 0 bridgehead atoms. The zero-order valence-corrected chi connectivity index (χ0v) is 10.9. The second kappa shape index (κ2) is 5.49. The summed E-state index contributed by atoms with van der Waals surface area (Å²) in [5.41, 5.74) is 4.55. The van der Waals surface area contributed by atoms with Gasteiger partial charge in [0.25, 0.3) is 0 Å². The minimum Gasteiger partial charge on any atom is -0.369 e. The minimum absolute atomic E-state index is 0.0362. The lowest BCUT2D eigenvalue weighted by atomic mass is 9.91. The monoisotopic (exact) mass is 241 g/mol. The van der Waals surface area contributed by atoms with Crippen LogP contribution in [0.3, 0.4) is 0 Å². The van der Waals surface area contributed by atoms with E-state index < -0.39 is 11.3 Å². The maximum atomic E-state index is 11.9. The van der Waals surface area contributed by atoms with E-state index in [2.05, 4.69) is 17.6 Å². The summed E-state index contributed by atoms with van der Waals surface area (Å²) in [7, 11) is 0. The lowest BCUT2D eigenvalue weighted by molar-refractivity contribution is -0.128. The molecule has 0 aromatic rings. The van der Waals surface area contributed by atoms with Crippen molar-refractivity contribution < 1.29 is 9.59 Å². The van der Waals surface area contributed by atoms with E-state index in [1.54, 1.807) is 13.8 Å². The van der Waals surface area contributed by atoms with Gasteiger partial charge in [0.15, 0.2) is 0 Å². The molecule has 5 nitrogen and oxygen atoms in total. The number of nitrogens with two attached hydrogens (primary N) is 1. The lowest BCUT2D eigenvalue weighted by Gasteiger charge is -2.28. The summed E-state index contributed by atoms with van der Waals surface area (Å²) in [6.45, 7) is 6.76. The van der Waals surface area contributed by atoms with Crippen LogP contribution in [0.5, 0.6) is 0 Å². The van der Waals surface area contributed by atoms with Crippen molar-refractivity contribution in [2.24, 2.45) is 17.1 Å². The zero-order valence-electron chi connectivity index (χ0n) is 10.9. The predicted octanol–water partition coefficient (Wildman–Crippen LogP) is 0.00220. The average Bonchev–Trinajstić information content (AvgIpc) is 2.25. The number of piperidine rings is 1. The van der Waals surface area contributed by atoms with Gasteiger partial charge in [-0.1, -0.05) is 6.92 Å². The number of nitrogens with one attached hydrogen (secondary N) is 2. The highest BCUT2D eigenvalue weighted by Gasteiger charge is 2.29. The average molecular weight is 241 g/mol. The number of carbonyl (C=O) groups excluding carboxylic acids is 2. The van der Waals surface area contributed by atoms with Crippen molar-refractivity contribution in [1.82, 2.24) is 10.6 Å². The molecule has 1 rings (SSSR count). The number of rotatable bonds is 4. The Morgan fingerprint density at radius 3 is 2.65 bits per heavy atom. The van der Waals surface area contributed by atoms with Crippen LogP contribution in [0, 0.1) is 11.3 Å². The van der Waals surface area contributed by atoms with Crippen LogP contribution in [-0.2, 0) is 9.59 Å². The molecule has 17 heavy (non-hydrogen) atoms. The minimum atomic E-state index is -0.698. The molecule has 1 aliphatic rings. The van der Waals surface area contributed by atoms with Crippen molar-refractivity contribution in [3.8, 4) is 0 Å². The van der Waals surface area contributed by atoms with E-state index in [0.29, 0.717) is 5.92 Å². The van der Waals surface area contributed by atoms with Crippen LogP contribution in [0.15, 0.2) is 0 Å². The van der Waals surface area contributed by atoms with Crippen LogP contribution in [0.4, 0.5) is 0 Å². The number of hydrogen-bond acceptors (Lipinski definition) is 3. The molecule has 0 radical (unpaired) electrons. The van der Waals surface area contributed by atoms with Crippen LogP contribution in [-0.4, -0.2) is 30.9 Å². The maximum Gasteiger partial charge on any atom is 0.237 e. The van der Waals surface area contributed by atoms with Gasteiger partial charge in [-0.05, 0) is 39.2 Å². The predicted molar refractivity (Wildman–Crippen MR) is 66.2 cm³/mol. The molecule has 4 N–H and O–H groups in total. The Hall–Kier alpha value is -1.10. The topological polar surface area (TPSA) is 84.2 Å². The quantitative estimate of drug-likeness (QED) is 0.648. The molecule has 0 aliphatic carbocycles. The van der Waals surface area contributed by atoms with Crippen LogP contribution in [0.1, 0.15) is 33.6 Å². The highest BCUT2D eigenvalue weighted by Crippen LogP contribution is 2.16. The summed E-state index contributed by atoms with van der Waals surface area (Å²) in [6, 6.07) is -0.137. The van der Waals surface area contributed by atoms with Crippen molar-refractivity contribution >= 4 is 11.8 Å². The second-order valence-electron chi connectivity index (χ2n) is 5.60. The third-order valence-electron chi connectivity index (χ3n) is 3.35. The zero-order chi connectivity index (χ0) is 13.1. The molecular weight excluding hydrogens is 218 g/mol. The van der Waals surface area contributed by atoms with E-state index in [1.807, 2.05) is 0 Å². The van der Waals surface area contributed by atoms with Gasteiger partial charge in [0.1, 0.15) is 0 Å². The Labute approximate surface area is 103 Å². The molecule has 2 atom stereocenters. The first-order valence-corrected chi connectivity index (χ1v) is 6.14. The summed E-state index contributed by atoms with van der Waals surface area (Å²) in [5, 5.41) is 5.98. The van der Waals surface area contributed by atoms with Crippen molar-refractivity contribution in [2.75, 3.05) is 13.1 Å².